The predicted molar refractivity (Wildman–Crippen MR) is 186 cm³/mol. The predicted octanol–water partition coefficient (Wildman–Crippen LogP) is 2.64. The number of carbonyl (C=O) groups excluding carboxylic acids is 2. The first kappa shape index (κ1) is 36.6. The second kappa shape index (κ2) is 17.4. The molecule has 0 N–H and O–H groups in total. The summed E-state index contributed by atoms with van der Waals surface area (Å²) in [5.74, 6) is -0.780. The van der Waals surface area contributed by atoms with Crippen molar-refractivity contribution in [1.82, 2.24) is 0 Å². The van der Waals surface area contributed by atoms with E-state index in [2.05, 4.69) is 0 Å². The normalized spacial score (nSPS) is 17.0. The van der Waals surface area contributed by atoms with Crippen molar-refractivity contribution in [3.63, 3.8) is 0 Å². The van der Waals surface area contributed by atoms with Crippen LogP contribution < -0.4 is 30.5 Å². The lowest BCUT2D eigenvalue weighted by atomic mass is 10.1. The molecule has 0 unspecified atom stereocenters. The number of ether oxygens (including phenoxy) is 8. The maximum Gasteiger partial charge on any atom is 0.351 e. The second-order valence-electron chi connectivity index (χ2n) is 11.7. The highest BCUT2D eigenvalue weighted by atomic mass is 16.5. The first-order valence-corrected chi connectivity index (χ1v) is 16.8. The van der Waals surface area contributed by atoms with Crippen molar-refractivity contribution < 1.29 is 56.3 Å². The molecule has 278 valence electrons. The van der Waals surface area contributed by atoms with Crippen LogP contribution in [-0.4, -0.2) is 118 Å². The van der Waals surface area contributed by atoms with Gasteiger partial charge in [-0.05, 0) is 24.3 Å². The Morgan fingerprint density at radius 3 is 1.23 bits per heavy atom. The third-order valence-electron chi connectivity index (χ3n) is 8.48. The van der Waals surface area contributed by atoms with E-state index in [1.54, 1.807) is 24.3 Å². The molecule has 52 heavy (non-hydrogen) atoms. The highest BCUT2D eigenvalue weighted by Crippen LogP contribution is 2.36. The number of hydrogen-bond donors (Lipinski definition) is 0. The molecule has 2 aromatic heterocycles. The third-order valence-corrected chi connectivity index (χ3v) is 8.48. The Morgan fingerprint density at radius 1 is 0.519 bits per heavy atom. The number of esters is 2. The van der Waals surface area contributed by atoms with E-state index < -0.39 is 23.2 Å². The fourth-order valence-corrected chi connectivity index (χ4v) is 5.85. The van der Waals surface area contributed by atoms with Crippen LogP contribution in [0.4, 0.5) is 11.4 Å². The molecule has 2 bridgehead atoms. The maximum atomic E-state index is 12.7. The molecule has 5 heterocycles. The molecular weight excluding hydrogens is 684 g/mol. The molecular formula is C36H40N2O14. The average molecular weight is 725 g/mol. The second-order valence-corrected chi connectivity index (χ2v) is 11.7. The topological polar surface area (TPSA) is 175 Å². The van der Waals surface area contributed by atoms with E-state index >= 15 is 0 Å². The van der Waals surface area contributed by atoms with Gasteiger partial charge in [0.2, 0.25) is 0 Å². The lowest BCUT2D eigenvalue weighted by Gasteiger charge is -2.29. The Morgan fingerprint density at radius 2 is 0.885 bits per heavy atom. The summed E-state index contributed by atoms with van der Waals surface area (Å²) in [6.45, 7) is 4.72. The number of rotatable bonds is 2. The van der Waals surface area contributed by atoms with Crippen LogP contribution in [0.5, 0.6) is 11.5 Å². The van der Waals surface area contributed by atoms with Gasteiger partial charge in [0.25, 0.3) is 0 Å². The molecule has 0 radical (unpaired) electrons. The fraction of sp³-hybridized carbons (Fsp3) is 0.444. The molecule has 2 aromatic carbocycles. The Balaban J connectivity index is 1.43. The molecule has 3 aliphatic rings. The van der Waals surface area contributed by atoms with Gasteiger partial charge in [-0.25, -0.2) is 19.2 Å². The zero-order valence-corrected chi connectivity index (χ0v) is 29.0. The fourth-order valence-electron chi connectivity index (χ4n) is 5.85. The van der Waals surface area contributed by atoms with Crippen molar-refractivity contribution in [3.05, 3.63) is 68.4 Å². The van der Waals surface area contributed by atoms with Crippen LogP contribution in [0, 0.1) is 0 Å². The summed E-state index contributed by atoms with van der Waals surface area (Å²) in [7, 11) is 2.37. The van der Waals surface area contributed by atoms with E-state index in [4.69, 9.17) is 46.7 Å². The van der Waals surface area contributed by atoms with E-state index in [0.29, 0.717) is 113 Å². The lowest BCUT2D eigenvalue weighted by molar-refractivity contribution is 0.0434. The first-order chi connectivity index (χ1) is 25.4. The van der Waals surface area contributed by atoms with Gasteiger partial charge in [-0.2, -0.15) is 0 Å². The monoisotopic (exact) mass is 724 g/mol. The Hall–Kier alpha value is -5.16. The largest absolute Gasteiger partial charge is 0.488 e. The molecule has 0 spiro atoms. The number of nitrogens with zero attached hydrogens (tertiary/aromatic N) is 2. The van der Waals surface area contributed by atoms with Crippen molar-refractivity contribution in [2.75, 3.05) is 116 Å². The summed E-state index contributed by atoms with van der Waals surface area (Å²) < 4.78 is 57.1. The van der Waals surface area contributed by atoms with Crippen molar-refractivity contribution in [2.45, 2.75) is 0 Å². The van der Waals surface area contributed by atoms with Crippen LogP contribution in [0.1, 0.15) is 20.7 Å². The molecule has 0 amide bonds. The summed E-state index contributed by atoms with van der Waals surface area (Å²) in [5, 5.41) is 0.891. The minimum atomic E-state index is -0.827. The van der Waals surface area contributed by atoms with Gasteiger partial charge < -0.3 is 56.5 Å². The maximum absolute atomic E-state index is 12.7. The van der Waals surface area contributed by atoms with Gasteiger partial charge in [-0.3, -0.25) is 0 Å². The number of carbonyl (C=O) groups is 2. The molecule has 1 saturated heterocycles. The number of hydrogen-bond acceptors (Lipinski definition) is 16. The molecule has 3 aliphatic heterocycles. The molecule has 0 atom stereocenters. The molecule has 0 aliphatic carbocycles. The number of anilines is 2. The van der Waals surface area contributed by atoms with Gasteiger partial charge in [0.05, 0.1) is 78.4 Å². The summed E-state index contributed by atoms with van der Waals surface area (Å²) in [5.41, 5.74) is -0.456. The molecule has 1 fully saturated rings. The highest BCUT2D eigenvalue weighted by molar-refractivity contribution is 5.95. The van der Waals surface area contributed by atoms with Gasteiger partial charge in [0.1, 0.15) is 47.0 Å². The molecule has 7 rings (SSSR count). The first-order valence-electron chi connectivity index (χ1n) is 16.8. The van der Waals surface area contributed by atoms with E-state index in [1.807, 2.05) is 9.80 Å². The van der Waals surface area contributed by atoms with E-state index in [0.717, 1.165) is 0 Å². The molecule has 0 saturated carbocycles. The minimum absolute atomic E-state index is 0.0704. The number of methoxy groups -OCH3 is 2. The smallest absolute Gasteiger partial charge is 0.351 e. The third kappa shape index (κ3) is 8.65. The Bertz CT molecular complexity index is 1840. The molecule has 16 heteroatoms. The van der Waals surface area contributed by atoms with Gasteiger partial charge >= 0.3 is 23.2 Å². The van der Waals surface area contributed by atoms with Crippen LogP contribution >= 0.6 is 0 Å². The van der Waals surface area contributed by atoms with Crippen LogP contribution in [0.25, 0.3) is 21.9 Å². The SMILES string of the molecule is COC(=O)c1cc2cc3c(cc2oc1=O)N1CCOCCOCCN(CCOCCOCC1)c1cc2oc(=O)c(C(=O)OC)cc2cc1OCCO3. The van der Waals surface area contributed by atoms with Crippen molar-refractivity contribution in [2.24, 2.45) is 0 Å². The van der Waals surface area contributed by atoms with E-state index in [9.17, 15) is 19.2 Å². The van der Waals surface area contributed by atoms with Crippen molar-refractivity contribution in [3.8, 4) is 11.5 Å². The molecule has 4 aromatic rings. The zero-order valence-electron chi connectivity index (χ0n) is 29.0. The van der Waals surface area contributed by atoms with Gasteiger partial charge in [-0.1, -0.05) is 0 Å². The number of benzene rings is 2. The summed E-state index contributed by atoms with van der Waals surface area (Å²) in [6, 6.07) is 9.56. The summed E-state index contributed by atoms with van der Waals surface area (Å²) >= 11 is 0. The van der Waals surface area contributed by atoms with E-state index in [-0.39, 0.29) is 35.5 Å². The van der Waals surface area contributed by atoms with Crippen LogP contribution in [0.15, 0.2) is 54.8 Å². The standard InChI is InChI=1S/C36H40N2O14/c1-43-33(39)25-17-23-19-31-27(21-29(23)51-35(25)41)37-3-7-45-11-13-47-9-5-38(6-10-48-14-12-46-8-4-37)28-22-30-24(20-32(28)50-16-15-49-31)18-26(34(40)44-2)36(42)52-30/h17-22H,3-16H2,1-2H3. The Labute approximate surface area is 297 Å². The highest BCUT2D eigenvalue weighted by Gasteiger charge is 2.22. The van der Waals surface area contributed by atoms with E-state index in [1.165, 1.54) is 26.4 Å². The van der Waals surface area contributed by atoms with Crippen LogP contribution in [-0.2, 0) is 28.4 Å². The lowest BCUT2D eigenvalue weighted by Crippen LogP contribution is -2.34. The summed E-state index contributed by atoms with van der Waals surface area (Å²) in [4.78, 5) is 54.0. The van der Waals surface area contributed by atoms with Crippen LogP contribution in [0.3, 0.4) is 0 Å². The van der Waals surface area contributed by atoms with Crippen molar-refractivity contribution in [1.29, 1.82) is 0 Å². The Kier molecular flexibility index (Phi) is 12.2. The number of fused-ring (bicyclic) bond motifs is 19. The van der Waals surface area contributed by atoms with Gasteiger partial charge in [-0.15, -0.1) is 0 Å². The van der Waals surface area contributed by atoms with Gasteiger partial charge in [0, 0.05) is 49.1 Å². The average Bonchev–Trinajstić information content (AvgIpc) is 3.14. The van der Waals surface area contributed by atoms with Gasteiger partial charge in [0.15, 0.2) is 0 Å². The molecule has 16 nitrogen and oxygen atoms in total. The minimum Gasteiger partial charge on any atom is -0.488 e. The van der Waals surface area contributed by atoms with Crippen LogP contribution in [0.2, 0.25) is 0 Å². The zero-order chi connectivity index (χ0) is 36.5. The summed E-state index contributed by atoms with van der Waals surface area (Å²) in [6.07, 6.45) is 0. The quantitative estimate of drug-likeness (QED) is 0.218. The van der Waals surface area contributed by atoms with Crippen molar-refractivity contribution >= 4 is 45.3 Å².